The molecule has 0 aliphatic heterocycles. The molecule has 0 bridgehead atoms. The summed E-state index contributed by atoms with van der Waals surface area (Å²) in [5, 5.41) is 0. The molecule has 5 heteroatoms. The molecular weight excluding hydrogens is 252 g/mol. The minimum Gasteiger partial charge on any atom is -0.365 e. The highest BCUT2D eigenvalue weighted by Crippen LogP contribution is 2.26. The van der Waals surface area contributed by atoms with Crippen molar-refractivity contribution in [2.45, 2.75) is 17.9 Å². The van der Waals surface area contributed by atoms with Gasteiger partial charge in [-0.2, -0.15) is 8.42 Å². The molecule has 0 aromatic heterocycles. The van der Waals surface area contributed by atoms with Gasteiger partial charge >= 0.3 is 0 Å². The molecule has 0 aliphatic carbocycles. The van der Waals surface area contributed by atoms with E-state index in [1.54, 1.807) is 19.1 Å². The zero-order chi connectivity index (χ0) is 13.8. The van der Waals surface area contributed by atoms with Crippen molar-refractivity contribution >= 4 is 10.1 Å². The summed E-state index contributed by atoms with van der Waals surface area (Å²) in [6.45, 7) is 9.40. The Bertz CT molecular complexity index is 546. The monoisotopic (exact) mass is 268 g/mol. The molecule has 0 radical (unpaired) electrons. The Balaban J connectivity index is 3.14. The highest BCUT2D eigenvalue weighted by Gasteiger charge is 2.20. The van der Waals surface area contributed by atoms with Crippen LogP contribution in [0, 0.1) is 0 Å². The Morgan fingerprint density at radius 1 is 1.50 bits per heavy atom. The topological polar surface area (TPSA) is 63.6 Å². The molecule has 1 aromatic carbocycles. The average Bonchev–Trinajstić information content (AvgIpc) is 2.29. The lowest BCUT2D eigenvalue weighted by molar-refractivity contribution is 0.103. The van der Waals surface area contributed by atoms with Crippen molar-refractivity contribution in [2.75, 3.05) is 6.61 Å². The highest BCUT2D eigenvalue weighted by molar-refractivity contribution is 7.85. The van der Waals surface area contributed by atoms with E-state index in [2.05, 4.69) is 13.2 Å². The Morgan fingerprint density at radius 2 is 2.11 bits per heavy atom. The van der Waals surface area contributed by atoms with Crippen molar-refractivity contribution in [1.29, 1.82) is 0 Å². The van der Waals surface area contributed by atoms with Crippen molar-refractivity contribution in [3.63, 3.8) is 0 Å². The van der Waals surface area contributed by atoms with Gasteiger partial charge in [-0.1, -0.05) is 36.4 Å². The van der Waals surface area contributed by atoms with Gasteiger partial charge in [0.2, 0.25) is 0 Å². The highest BCUT2D eigenvalue weighted by atomic mass is 32.2. The molecular formula is C13H16O4S. The molecule has 0 aliphatic rings. The van der Waals surface area contributed by atoms with Crippen molar-refractivity contribution in [3.8, 4) is 0 Å². The Kier molecular flexibility index (Phi) is 4.84. The summed E-state index contributed by atoms with van der Waals surface area (Å²) in [5.74, 6) is 0. The Morgan fingerprint density at radius 3 is 2.61 bits per heavy atom. The van der Waals surface area contributed by atoms with Crippen LogP contribution in [0.2, 0.25) is 0 Å². The molecule has 1 unspecified atom stereocenters. The lowest BCUT2D eigenvalue weighted by Gasteiger charge is -2.16. The van der Waals surface area contributed by atoms with E-state index in [0.717, 1.165) is 5.57 Å². The molecule has 18 heavy (non-hydrogen) atoms. The van der Waals surface area contributed by atoms with Crippen LogP contribution in [0.5, 0.6) is 0 Å². The van der Waals surface area contributed by atoms with Gasteiger partial charge in [0.25, 0.3) is 10.1 Å². The zero-order valence-electron chi connectivity index (χ0n) is 10.2. The number of benzene rings is 1. The average molecular weight is 268 g/mol. The zero-order valence-corrected chi connectivity index (χ0v) is 11.0. The minimum atomic E-state index is -4.28. The van der Waals surface area contributed by atoms with Crippen molar-refractivity contribution in [3.05, 3.63) is 54.6 Å². The standard InChI is InChI=1S/C13H16O4S/c1-4-12(17-9-10(2)3)11-7-5-6-8-13(11)18(14,15)16/h4-8,12H,1-2,9H2,3H3,(H,14,15,16). The number of ether oxygens (including phenoxy) is 1. The lowest BCUT2D eigenvalue weighted by Crippen LogP contribution is -2.09. The van der Waals surface area contributed by atoms with Crippen molar-refractivity contribution < 1.29 is 17.7 Å². The molecule has 1 aromatic rings. The van der Waals surface area contributed by atoms with Crippen LogP contribution in [-0.2, 0) is 14.9 Å². The van der Waals surface area contributed by atoms with Crippen molar-refractivity contribution in [2.24, 2.45) is 0 Å². The predicted molar refractivity (Wildman–Crippen MR) is 70.0 cm³/mol. The first kappa shape index (κ1) is 14.6. The molecule has 1 atom stereocenters. The van der Waals surface area contributed by atoms with E-state index < -0.39 is 16.2 Å². The largest absolute Gasteiger partial charge is 0.365 e. The first-order chi connectivity index (χ1) is 8.36. The molecule has 0 spiro atoms. The van der Waals surface area contributed by atoms with Crippen LogP contribution in [0.1, 0.15) is 18.6 Å². The van der Waals surface area contributed by atoms with Gasteiger partial charge in [-0.25, -0.2) is 0 Å². The summed E-state index contributed by atoms with van der Waals surface area (Å²) >= 11 is 0. The fraction of sp³-hybridized carbons (Fsp3) is 0.231. The van der Waals surface area contributed by atoms with Crippen LogP contribution in [-0.4, -0.2) is 19.6 Å². The quantitative estimate of drug-likeness (QED) is 0.636. The molecule has 4 nitrogen and oxygen atoms in total. The summed E-state index contributed by atoms with van der Waals surface area (Å²) in [6.07, 6.45) is 0.868. The fourth-order valence-electron chi connectivity index (χ4n) is 1.47. The molecule has 0 amide bonds. The van der Waals surface area contributed by atoms with Crippen LogP contribution < -0.4 is 0 Å². The SMILES string of the molecule is C=CC(OCC(=C)C)c1ccccc1S(=O)(=O)O. The van der Waals surface area contributed by atoms with Gasteiger partial charge in [0.05, 0.1) is 11.5 Å². The minimum absolute atomic E-state index is 0.170. The molecule has 1 N–H and O–H groups in total. The molecule has 0 fully saturated rings. The second-order valence-corrected chi connectivity index (χ2v) is 5.33. The number of hydrogen-bond acceptors (Lipinski definition) is 3. The first-order valence-electron chi connectivity index (χ1n) is 5.31. The van der Waals surface area contributed by atoms with Crippen molar-refractivity contribution in [1.82, 2.24) is 0 Å². The van der Waals surface area contributed by atoms with Gasteiger partial charge in [-0.05, 0) is 13.0 Å². The Hall–Kier alpha value is -1.43. The second kappa shape index (κ2) is 5.95. The maximum atomic E-state index is 11.3. The van der Waals surface area contributed by atoms with Crippen LogP contribution in [0.15, 0.2) is 54.0 Å². The van der Waals surface area contributed by atoms with Crippen LogP contribution >= 0.6 is 0 Å². The lowest BCUT2D eigenvalue weighted by atomic mass is 10.1. The summed E-state index contributed by atoms with van der Waals surface area (Å²) < 4.78 is 37.2. The molecule has 0 saturated carbocycles. The summed E-state index contributed by atoms with van der Waals surface area (Å²) in [5.41, 5.74) is 1.17. The smallest absolute Gasteiger partial charge is 0.294 e. The van der Waals surface area contributed by atoms with Crippen LogP contribution in [0.4, 0.5) is 0 Å². The molecule has 1 rings (SSSR count). The normalized spacial score (nSPS) is 13.0. The van der Waals surface area contributed by atoms with E-state index >= 15 is 0 Å². The summed E-state index contributed by atoms with van der Waals surface area (Å²) in [4.78, 5) is -0.170. The van der Waals surface area contributed by atoms with E-state index in [9.17, 15) is 8.42 Å². The third-order valence-electron chi connectivity index (χ3n) is 2.23. The number of hydrogen-bond donors (Lipinski definition) is 1. The van der Waals surface area contributed by atoms with E-state index in [4.69, 9.17) is 9.29 Å². The number of rotatable bonds is 6. The van der Waals surface area contributed by atoms with E-state index in [1.165, 1.54) is 18.2 Å². The second-order valence-electron chi connectivity index (χ2n) is 3.94. The molecule has 0 heterocycles. The first-order valence-corrected chi connectivity index (χ1v) is 6.75. The van der Waals surface area contributed by atoms with E-state index in [1.807, 2.05) is 0 Å². The predicted octanol–water partition coefficient (Wildman–Crippen LogP) is 2.75. The van der Waals surface area contributed by atoms with Gasteiger partial charge in [-0.15, -0.1) is 6.58 Å². The Labute approximate surface area is 107 Å². The molecule has 0 saturated heterocycles. The maximum absolute atomic E-state index is 11.3. The van der Waals surface area contributed by atoms with Gasteiger partial charge < -0.3 is 4.74 Å². The van der Waals surface area contributed by atoms with Gasteiger partial charge in [0, 0.05) is 5.56 Å². The van der Waals surface area contributed by atoms with Crippen LogP contribution in [0.25, 0.3) is 0 Å². The van der Waals surface area contributed by atoms with Gasteiger partial charge in [-0.3, -0.25) is 4.55 Å². The molecule has 98 valence electrons. The van der Waals surface area contributed by atoms with Crippen LogP contribution in [0.3, 0.4) is 0 Å². The summed E-state index contributed by atoms with van der Waals surface area (Å²) in [6, 6.07) is 6.11. The van der Waals surface area contributed by atoms with E-state index in [0.29, 0.717) is 5.56 Å². The third kappa shape index (κ3) is 3.80. The maximum Gasteiger partial charge on any atom is 0.294 e. The fourth-order valence-corrected chi connectivity index (χ4v) is 2.20. The van der Waals surface area contributed by atoms with Gasteiger partial charge in [0.1, 0.15) is 6.10 Å². The summed E-state index contributed by atoms with van der Waals surface area (Å²) in [7, 11) is -4.28. The van der Waals surface area contributed by atoms with Gasteiger partial charge in [0.15, 0.2) is 0 Å². The van der Waals surface area contributed by atoms with E-state index in [-0.39, 0.29) is 11.5 Å². The third-order valence-corrected chi connectivity index (χ3v) is 3.15.